The lowest BCUT2D eigenvalue weighted by Crippen LogP contribution is -2.46. The van der Waals surface area contributed by atoms with Crippen molar-refractivity contribution in [3.8, 4) is 5.75 Å². The van der Waals surface area contributed by atoms with E-state index in [9.17, 15) is 14.4 Å². The lowest BCUT2D eigenvalue weighted by molar-refractivity contribution is -0.131. The number of carbonyl (C=O) groups excluding carboxylic acids is 3. The maximum Gasteiger partial charge on any atom is 0.308 e. The highest BCUT2D eigenvalue weighted by Crippen LogP contribution is 2.36. The number of nitrogens with two attached hydrogens (primary N) is 1. The van der Waals surface area contributed by atoms with Crippen LogP contribution >= 0.6 is 0 Å². The minimum atomic E-state index is -1.94. The van der Waals surface area contributed by atoms with Crippen LogP contribution in [0.4, 0.5) is 0 Å². The zero-order chi connectivity index (χ0) is 20.8. The summed E-state index contributed by atoms with van der Waals surface area (Å²) in [5.41, 5.74) is 5.76. The van der Waals surface area contributed by atoms with Crippen molar-refractivity contribution in [3.63, 3.8) is 0 Å². The van der Waals surface area contributed by atoms with Crippen molar-refractivity contribution in [2.45, 2.75) is 58.3 Å². The Kier molecular flexibility index (Phi) is 7.73. The van der Waals surface area contributed by atoms with Crippen LogP contribution in [0.1, 0.15) is 44.5 Å². The SMILES string of the molecule is CC(=O)Oc1ccc(C(=O)N[C@H](CCO[Si](C)(C)C(C)(C)C)C(N)=O)cc1. The zero-order valence-electron chi connectivity index (χ0n) is 16.9. The van der Waals surface area contributed by atoms with Crippen molar-refractivity contribution in [2.75, 3.05) is 6.61 Å². The molecule has 0 unspecified atom stereocenters. The smallest absolute Gasteiger partial charge is 0.308 e. The number of nitrogens with one attached hydrogen (secondary N) is 1. The molecule has 0 bridgehead atoms. The molecular formula is C19H30N2O5Si. The van der Waals surface area contributed by atoms with Gasteiger partial charge in [-0.05, 0) is 48.8 Å². The van der Waals surface area contributed by atoms with Gasteiger partial charge in [0, 0.05) is 19.1 Å². The number of primary amides is 1. The molecule has 8 heteroatoms. The summed E-state index contributed by atoms with van der Waals surface area (Å²) in [6.45, 7) is 12.3. The zero-order valence-corrected chi connectivity index (χ0v) is 17.9. The molecule has 0 spiro atoms. The van der Waals surface area contributed by atoms with E-state index in [1.807, 2.05) is 0 Å². The lowest BCUT2D eigenvalue weighted by Gasteiger charge is -2.36. The topological polar surface area (TPSA) is 108 Å². The summed E-state index contributed by atoms with van der Waals surface area (Å²) in [7, 11) is -1.94. The number of benzene rings is 1. The lowest BCUT2D eigenvalue weighted by atomic mass is 10.1. The van der Waals surface area contributed by atoms with Crippen molar-refractivity contribution in [3.05, 3.63) is 29.8 Å². The second kappa shape index (κ2) is 9.14. The van der Waals surface area contributed by atoms with Crippen LogP contribution < -0.4 is 15.8 Å². The molecule has 0 heterocycles. The molecule has 27 heavy (non-hydrogen) atoms. The Balaban J connectivity index is 2.67. The van der Waals surface area contributed by atoms with E-state index in [1.165, 1.54) is 31.2 Å². The van der Waals surface area contributed by atoms with Gasteiger partial charge in [0.1, 0.15) is 11.8 Å². The van der Waals surface area contributed by atoms with Crippen LogP contribution in [0.25, 0.3) is 0 Å². The molecule has 2 amide bonds. The molecule has 1 aromatic rings. The molecule has 0 saturated heterocycles. The molecule has 3 N–H and O–H groups in total. The second-order valence-electron chi connectivity index (χ2n) is 7.94. The number of amides is 2. The Labute approximate surface area is 161 Å². The predicted octanol–water partition coefficient (Wildman–Crippen LogP) is 2.61. The molecule has 0 aromatic heterocycles. The Morgan fingerprint density at radius 2 is 1.70 bits per heavy atom. The molecule has 0 aliphatic heterocycles. The third-order valence-electron chi connectivity index (χ3n) is 4.70. The van der Waals surface area contributed by atoms with Crippen LogP contribution in [0.15, 0.2) is 24.3 Å². The number of rotatable bonds is 8. The van der Waals surface area contributed by atoms with Gasteiger partial charge in [0.2, 0.25) is 5.91 Å². The molecule has 1 aromatic carbocycles. The number of hydrogen-bond acceptors (Lipinski definition) is 5. The Bertz CT molecular complexity index is 680. The van der Waals surface area contributed by atoms with Crippen molar-refractivity contribution >= 4 is 26.1 Å². The fourth-order valence-corrected chi connectivity index (χ4v) is 3.08. The van der Waals surface area contributed by atoms with Crippen LogP contribution in [0.3, 0.4) is 0 Å². The van der Waals surface area contributed by atoms with E-state index in [4.69, 9.17) is 14.9 Å². The van der Waals surface area contributed by atoms with Gasteiger partial charge in [-0.15, -0.1) is 0 Å². The first-order valence-electron chi connectivity index (χ1n) is 8.86. The fraction of sp³-hybridized carbons (Fsp3) is 0.526. The monoisotopic (exact) mass is 394 g/mol. The summed E-state index contributed by atoms with van der Waals surface area (Å²) >= 11 is 0. The van der Waals surface area contributed by atoms with Gasteiger partial charge in [0.05, 0.1) is 0 Å². The van der Waals surface area contributed by atoms with Gasteiger partial charge in [-0.1, -0.05) is 20.8 Å². The highest BCUT2D eigenvalue weighted by Gasteiger charge is 2.37. The molecule has 0 fully saturated rings. The molecule has 7 nitrogen and oxygen atoms in total. The van der Waals surface area contributed by atoms with E-state index in [0.717, 1.165) is 0 Å². The van der Waals surface area contributed by atoms with Crippen LogP contribution in [-0.2, 0) is 14.0 Å². The average Bonchev–Trinajstić information content (AvgIpc) is 2.52. The molecule has 1 atom stereocenters. The number of hydrogen-bond donors (Lipinski definition) is 2. The van der Waals surface area contributed by atoms with E-state index < -0.39 is 32.1 Å². The van der Waals surface area contributed by atoms with Crippen molar-refractivity contribution < 1.29 is 23.5 Å². The van der Waals surface area contributed by atoms with Gasteiger partial charge >= 0.3 is 5.97 Å². The van der Waals surface area contributed by atoms with Crippen LogP contribution in [0, 0.1) is 0 Å². The quantitative estimate of drug-likeness (QED) is 0.400. The van der Waals surface area contributed by atoms with Crippen LogP contribution in [0.5, 0.6) is 5.75 Å². The Hall–Kier alpha value is -2.19. The summed E-state index contributed by atoms with van der Waals surface area (Å²) in [6, 6.07) is 5.22. The molecule has 0 radical (unpaired) electrons. The second-order valence-corrected chi connectivity index (χ2v) is 12.8. The number of carbonyl (C=O) groups is 3. The van der Waals surface area contributed by atoms with Gasteiger partial charge < -0.3 is 20.2 Å². The molecule has 0 aliphatic rings. The minimum Gasteiger partial charge on any atom is -0.427 e. The maximum atomic E-state index is 12.4. The highest BCUT2D eigenvalue weighted by molar-refractivity contribution is 6.74. The maximum absolute atomic E-state index is 12.4. The summed E-state index contributed by atoms with van der Waals surface area (Å²) in [6.07, 6.45) is 0.305. The Morgan fingerprint density at radius 3 is 2.15 bits per heavy atom. The first kappa shape index (κ1) is 22.8. The predicted molar refractivity (Wildman–Crippen MR) is 106 cm³/mol. The van der Waals surface area contributed by atoms with Crippen LogP contribution in [0.2, 0.25) is 18.1 Å². The Morgan fingerprint density at radius 1 is 1.15 bits per heavy atom. The van der Waals surface area contributed by atoms with Crippen LogP contribution in [-0.4, -0.2) is 38.7 Å². The van der Waals surface area contributed by atoms with Gasteiger partial charge in [0.15, 0.2) is 8.32 Å². The molecule has 150 valence electrons. The van der Waals surface area contributed by atoms with Gasteiger partial charge in [-0.25, -0.2) is 0 Å². The summed E-state index contributed by atoms with van der Waals surface area (Å²) in [5.74, 6) is -1.14. The normalized spacial score (nSPS) is 13.0. The van der Waals surface area contributed by atoms with E-state index in [-0.39, 0.29) is 5.04 Å². The number of ether oxygens (including phenoxy) is 1. The molecular weight excluding hydrogens is 364 g/mol. The van der Waals surface area contributed by atoms with E-state index >= 15 is 0 Å². The summed E-state index contributed by atoms with van der Waals surface area (Å²) < 4.78 is 11.0. The number of esters is 1. The molecule has 0 aliphatic carbocycles. The standard InChI is InChI=1S/C19H30N2O5Si/c1-13(22)26-15-9-7-14(8-10-15)18(24)21-16(17(20)23)11-12-25-27(5,6)19(2,3)4/h7-10,16H,11-12H2,1-6H3,(H2,20,23)(H,21,24)/t16-/m1/s1. The molecule has 1 rings (SSSR count). The first-order chi connectivity index (χ1) is 12.3. The largest absolute Gasteiger partial charge is 0.427 e. The fourth-order valence-electron chi connectivity index (χ4n) is 2.02. The third kappa shape index (κ3) is 7.14. The van der Waals surface area contributed by atoms with Crippen molar-refractivity contribution in [1.29, 1.82) is 0 Å². The first-order valence-corrected chi connectivity index (χ1v) is 11.8. The van der Waals surface area contributed by atoms with E-state index in [1.54, 1.807) is 0 Å². The van der Waals surface area contributed by atoms with E-state index in [0.29, 0.717) is 24.3 Å². The third-order valence-corrected chi connectivity index (χ3v) is 9.24. The summed E-state index contributed by atoms with van der Waals surface area (Å²) in [4.78, 5) is 35.0. The van der Waals surface area contributed by atoms with Gasteiger partial charge in [-0.2, -0.15) is 0 Å². The van der Waals surface area contributed by atoms with Crippen molar-refractivity contribution in [2.24, 2.45) is 5.73 Å². The van der Waals surface area contributed by atoms with E-state index in [2.05, 4.69) is 39.2 Å². The summed E-state index contributed by atoms with van der Waals surface area (Å²) in [5, 5.41) is 2.69. The van der Waals surface area contributed by atoms with Gasteiger partial charge in [-0.3, -0.25) is 14.4 Å². The van der Waals surface area contributed by atoms with Gasteiger partial charge in [0.25, 0.3) is 5.91 Å². The highest BCUT2D eigenvalue weighted by atomic mass is 28.4. The average molecular weight is 395 g/mol. The minimum absolute atomic E-state index is 0.0577. The van der Waals surface area contributed by atoms with Crippen molar-refractivity contribution in [1.82, 2.24) is 5.32 Å². The molecule has 0 saturated carbocycles.